The summed E-state index contributed by atoms with van der Waals surface area (Å²) in [5.74, 6) is -1.15. The molecule has 0 aromatic rings. The topological polar surface area (TPSA) is 89.9 Å². The zero-order chi connectivity index (χ0) is 43.1. The van der Waals surface area contributed by atoms with Crippen LogP contribution in [0.15, 0.2) is 24.3 Å². The lowest BCUT2D eigenvalue weighted by atomic mass is 10.0. The van der Waals surface area contributed by atoms with E-state index in [-0.39, 0.29) is 25.0 Å². The number of hydrogen-bond donors (Lipinski definition) is 1. The molecule has 346 valence electrons. The van der Waals surface area contributed by atoms with E-state index in [1.165, 1.54) is 141 Å². The van der Waals surface area contributed by atoms with Gasteiger partial charge in [0.15, 0.2) is 18.0 Å². The van der Waals surface area contributed by atoms with Crippen molar-refractivity contribution >= 4 is 17.7 Å². The number of rotatable bonds is 47. The van der Waals surface area contributed by atoms with Crippen molar-refractivity contribution in [1.29, 1.82) is 0 Å². The van der Waals surface area contributed by atoms with Crippen LogP contribution in [0.4, 0.5) is 0 Å². The molecular weight excluding hydrogens is 733 g/mol. The monoisotopic (exact) mass is 831 g/mol. The molecule has 0 radical (unpaired) electrons. The van der Waals surface area contributed by atoms with E-state index in [9.17, 15) is 19.5 Å². The Kier molecular flexibility index (Phi) is 45.5. The van der Waals surface area contributed by atoms with Crippen LogP contribution in [0.25, 0.3) is 0 Å². The second-order valence-corrected chi connectivity index (χ2v) is 17.5. The molecule has 0 amide bonds. The molecule has 0 fully saturated rings. The number of unbranched alkanes of at least 4 members (excludes halogenated alkanes) is 32. The van der Waals surface area contributed by atoms with Gasteiger partial charge in [0.1, 0.15) is 0 Å². The SMILES string of the molecule is CCCCCCC=CCCCCCCCC(=O)OC(CO)C(OC(=O)CCCCCCCCCCCCCCC)C(=O)CCCCCCCC=CCCCCCCCC. The summed E-state index contributed by atoms with van der Waals surface area (Å²) in [6.07, 6.45) is 51.2. The molecule has 0 aliphatic carbocycles. The number of esters is 2. The highest BCUT2D eigenvalue weighted by Crippen LogP contribution is 2.18. The Morgan fingerprint density at radius 1 is 0.373 bits per heavy atom. The lowest BCUT2D eigenvalue weighted by Crippen LogP contribution is -2.43. The average Bonchev–Trinajstić information content (AvgIpc) is 3.23. The minimum absolute atomic E-state index is 0.232. The largest absolute Gasteiger partial charge is 0.455 e. The van der Waals surface area contributed by atoms with Gasteiger partial charge in [0.25, 0.3) is 0 Å². The molecule has 59 heavy (non-hydrogen) atoms. The summed E-state index contributed by atoms with van der Waals surface area (Å²) in [5, 5.41) is 10.3. The van der Waals surface area contributed by atoms with Gasteiger partial charge in [0, 0.05) is 19.3 Å². The maximum atomic E-state index is 13.5. The van der Waals surface area contributed by atoms with Crippen LogP contribution in [0.3, 0.4) is 0 Å². The van der Waals surface area contributed by atoms with Crippen LogP contribution in [0.2, 0.25) is 0 Å². The first-order chi connectivity index (χ1) is 29.0. The highest BCUT2D eigenvalue weighted by atomic mass is 16.6. The molecule has 0 heterocycles. The number of ether oxygens (including phenoxy) is 2. The second kappa shape index (κ2) is 47.1. The normalized spacial score (nSPS) is 12.7. The van der Waals surface area contributed by atoms with Crippen molar-refractivity contribution in [3.8, 4) is 0 Å². The van der Waals surface area contributed by atoms with Crippen LogP contribution in [0.1, 0.15) is 278 Å². The number of Topliss-reactive ketones (excluding diaryl/α,β-unsaturated/α-hetero) is 1. The quantitative estimate of drug-likeness (QED) is 0.0373. The van der Waals surface area contributed by atoms with E-state index in [0.717, 1.165) is 77.0 Å². The number of aliphatic hydroxyl groups excluding tert-OH is 1. The summed E-state index contributed by atoms with van der Waals surface area (Å²) in [7, 11) is 0. The molecule has 0 aliphatic rings. The van der Waals surface area contributed by atoms with Gasteiger partial charge in [-0.25, -0.2) is 0 Å². The molecule has 1 N–H and O–H groups in total. The van der Waals surface area contributed by atoms with E-state index in [2.05, 4.69) is 45.1 Å². The third-order valence-corrected chi connectivity index (χ3v) is 11.7. The summed E-state index contributed by atoms with van der Waals surface area (Å²) >= 11 is 0. The molecule has 0 saturated carbocycles. The van der Waals surface area contributed by atoms with E-state index in [1.807, 2.05) is 0 Å². The molecule has 0 aliphatic heterocycles. The Bertz CT molecular complexity index is 973. The van der Waals surface area contributed by atoms with E-state index >= 15 is 0 Å². The summed E-state index contributed by atoms with van der Waals surface area (Å²) in [4.78, 5) is 39.3. The van der Waals surface area contributed by atoms with Gasteiger partial charge in [-0.3, -0.25) is 14.4 Å². The van der Waals surface area contributed by atoms with Crippen LogP contribution in [0.5, 0.6) is 0 Å². The fraction of sp³-hybridized carbons (Fsp3) is 0.868. The van der Waals surface area contributed by atoms with Gasteiger partial charge in [-0.05, 0) is 70.6 Å². The molecule has 0 bridgehead atoms. The minimum atomic E-state index is -1.25. The van der Waals surface area contributed by atoms with E-state index in [1.54, 1.807) is 0 Å². The first kappa shape index (κ1) is 57.1. The smallest absolute Gasteiger partial charge is 0.306 e. The van der Waals surface area contributed by atoms with Gasteiger partial charge in [-0.2, -0.15) is 0 Å². The Morgan fingerprint density at radius 2 is 0.644 bits per heavy atom. The van der Waals surface area contributed by atoms with Crippen molar-refractivity contribution in [3.05, 3.63) is 24.3 Å². The summed E-state index contributed by atoms with van der Waals surface area (Å²) < 4.78 is 11.4. The molecule has 2 atom stereocenters. The second-order valence-electron chi connectivity index (χ2n) is 17.5. The maximum Gasteiger partial charge on any atom is 0.306 e. The lowest BCUT2D eigenvalue weighted by molar-refractivity contribution is -0.175. The van der Waals surface area contributed by atoms with Crippen LogP contribution < -0.4 is 0 Å². The van der Waals surface area contributed by atoms with Gasteiger partial charge in [-0.1, -0.05) is 212 Å². The number of aliphatic hydroxyl groups is 1. The third kappa shape index (κ3) is 41.2. The van der Waals surface area contributed by atoms with Crippen molar-refractivity contribution in [2.24, 2.45) is 0 Å². The first-order valence-electron chi connectivity index (χ1n) is 25.8. The molecule has 0 spiro atoms. The van der Waals surface area contributed by atoms with Crippen LogP contribution in [0, 0.1) is 0 Å². The Balaban J connectivity index is 4.65. The Hall–Kier alpha value is -1.95. The molecule has 6 nitrogen and oxygen atoms in total. The van der Waals surface area contributed by atoms with Crippen molar-refractivity contribution < 1.29 is 29.0 Å². The molecule has 2 unspecified atom stereocenters. The predicted octanol–water partition coefficient (Wildman–Crippen LogP) is 16.1. The predicted molar refractivity (Wildman–Crippen MR) is 252 cm³/mol. The molecule has 0 saturated heterocycles. The molecule has 0 aromatic heterocycles. The van der Waals surface area contributed by atoms with Gasteiger partial charge in [-0.15, -0.1) is 0 Å². The van der Waals surface area contributed by atoms with E-state index in [0.29, 0.717) is 19.3 Å². The number of allylic oxidation sites excluding steroid dienone is 4. The van der Waals surface area contributed by atoms with E-state index in [4.69, 9.17) is 9.47 Å². The van der Waals surface area contributed by atoms with Crippen molar-refractivity contribution in [2.45, 2.75) is 290 Å². The molecular formula is C53H98O6. The Morgan fingerprint density at radius 3 is 0.983 bits per heavy atom. The standard InChI is InChI=1S/C53H98O6/c1-4-7-10-13-16-19-22-25-26-29-30-33-36-39-42-45-49(55)53(59-52(57)47-44-41-38-35-32-28-24-21-18-15-12-9-6-3)50(48-54)58-51(56)46-43-40-37-34-31-27-23-20-17-14-11-8-5-2/h20,23,25-26,50,53-54H,4-19,21-22,24,27-48H2,1-3H3. The van der Waals surface area contributed by atoms with Crippen molar-refractivity contribution in [1.82, 2.24) is 0 Å². The molecule has 0 aromatic carbocycles. The molecule has 6 heteroatoms. The van der Waals surface area contributed by atoms with Gasteiger partial charge < -0.3 is 14.6 Å². The number of carbonyl (C=O) groups is 3. The fourth-order valence-corrected chi connectivity index (χ4v) is 7.76. The van der Waals surface area contributed by atoms with Gasteiger partial charge in [0.05, 0.1) is 6.61 Å². The van der Waals surface area contributed by atoms with Gasteiger partial charge in [0.2, 0.25) is 0 Å². The average molecular weight is 831 g/mol. The minimum Gasteiger partial charge on any atom is -0.455 e. The van der Waals surface area contributed by atoms with Crippen molar-refractivity contribution in [2.75, 3.05) is 6.61 Å². The van der Waals surface area contributed by atoms with Crippen LogP contribution in [-0.2, 0) is 23.9 Å². The highest BCUT2D eigenvalue weighted by molar-refractivity contribution is 5.86. The van der Waals surface area contributed by atoms with Gasteiger partial charge >= 0.3 is 11.9 Å². The summed E-state index contributed by atoms with van der Waals surface area (Å²) in [6, 6.07) is 0. The lowest BCUT2D eigenvalue weighted by Gasteiger charge is -2.25. The fourth-order valence-electron chi connectivity index (χ4n) is 7.76. The number of hydrogen-bond acceptors (Lipinski definition) is 6. The third-order valence-electron chi connectivity index (χ3n) is 11.7. The summed E-state index contributed by atoms with van der Waals surface area (Å²) in [6.45, 7) is 6.21. The highest BCUT2D eigenvalue weighted by Gasteiger charge is 2.34. The van der Waals surface area contributed by atoms with E-state index < -0.39 is 30.8 Å². The van der Waals surface area contributed by atoms with Crippen molar-refractivity contribution in [3.63, 3.8) is 0 Å². The zero-order valence-corrected chi connectivity index (χ0v) is 39.4. The zero-order valence-electron chi connectivity index (χ0n) is 39.4. The maximum absolute atomic E-state index is 13.5. The first-order valence-corrected chi connectivity index (χ1v) is 25.8. The summed E-state index contributed by atoms with van der Waals surface area (Å²) in [5.41, 5.74) is 0. The Labute approximate surface area is 366 Å². The number of carbonyl (C=O) groups excluding carboxylic acids is 3. The molecule has 0 rings (SSSR count). The van der Waals surface area contributed by atoms with Crippen LogP contribution in [-0.4, -0.2) is 41.6 Å². The number of ketones is 1. The van der Waals surface area contributed by atoms with Crippen LogP contribution >= 0.6 is 0 Å².